The van der Waals surface area contributed by atoms with Crippen molar-refractivity contribution in [3.05, 3.63) is 59.7 Å². The van der Waals surface area contributed by atoms with Gasteiger partial charge in [-0.1, -0.05) is 35.9 Å². The summed E-state index contributed by atoms with van der Waals surface area (Å²) < 4.78 is 0. The number of aryl methyl sites for hydroxylation is 1. The third-order valence-electron chi connectivity index (χ3n) is 3.08. The van der Waals surface area contributed by atoms with E-state index < -0.39 is 6.04 Å². The lowest BCUT2D eigenvalue weighted by atomic mass is 10.1. The Labute approximate surface area is 111 Å². The summed E-state index contributed by atoms with van der Waals surface area (Å²) in [4.78, 5) is 11.8. The van der Waals surface area contributed by atoms with E-state index in [1.54, 1.807) is 0 Å². The number of para-hydroxylation sites is 1. The molecule has 94 valence electrons. The van der Waals surface area contributed by atoms with Gasteiger partial charge in [-0.3, -0.25) is 4.79 Å². The van der Waals surface area contributed by atoms with Crippen LogP contribution in [0.2, 0.25) is 0 Å². The molecule has 2 aromatic rings. The number of carbonyl (C=O) groups is 1. The number of rotatable bonds is 2. The zero-order valence-electron chi connectivity index (χ0n) is 10.5. The first kappa shape index (κ1) is 11.6. The predicted octanol–water partition coefficient (Wildman–Crippen LogP) is 3.77. The fourth-order valence-electron chi connectivity index (χ4n) is 2.04. The maximum atomic E-state index is 11.8. The minimum Gasteiger partial charge on any atom is -0.324 e. The van der Waals surface area contributed by atoms with Crippen LogP contribution in [0.5, 0.6) is 0 Å². The van der Waals surface area contributed by atoms with Crippen LogP contribution in [0.15, 0.2) is 58.8 Å². The lowest BCUT2D eigenvalue weighted by Gasteiger charge is -2.00. The molecule has 3 rings (SSSR count). The van der Waals surface area contributed by atoms with Crippen molar-refractivity contribution in [3.63, 3.8) is 0 Å². The summed E-state index contributed by atoms with van der Waals surface area (Å²) in [6, 6.07) is 14.7. The minimum atomic E-state index is -0.544. The van der Waals surface area contributed by atoms with Crippen LogP contribution in [0.4, 0.5) is 11.4 Å². The monoisotopic (exact) mass is 251 g/mol. The molecule has 1 aliphatic rings. The van der Waals surface area contributed by atoms with Crippen LogP contribution in [-0.4, -0.2) is 5.91 Å². The van der Waals surface area contributed by atoms with Crippen LogP contribution in [-0.2, 0) is 4.79 Å². The third-order valence-corrected chi connectivity index (χ3v) is 3.08. The van der Waals surface area contributed by atoms with Crippen molar-refractivity contribution in [3.8, 4) is 0 Å². The summed E-state index contributed by atoms with van der Waals surface area (Å²) in [7, 11) is 0. The first-order chi connectivity index (χ1) is 9.24. The highest BCUT2D eigenvalue weighted by atomic mass is 16.2. The molecule has 0 saturated carbocycles. The fourth-order valence-corrected chi connectivity index (χ4v) is 2.04. The number of anilines is 1. The lowest BCUT2D eigenvalue weighted by Crippen LogP contribution is -2.09. The normalized spacial score (nSPS) is 17.5. The highest BCUT2D eigenvalue weighted by molar-refractivity contribution is 6.02. The summed E-state index contributed by atoms with van der Waals surface area (Å²) >= 11 is 0. The van der Waals surface area contributed by atoms with Crippen molar-refractivity contribution < 1.29 is 4.79 Å². The molecule has 19 heavy (non-hydrogen) atoms. The molecule has 0 spiro atoms. The molecule has 0 bridgehead atoms. The number of hydrogen-bond acceptors (Lipinski definition) is 3. The van der Waals surface area contributed by atoms with Crippen LogP contribution in [0.1, 0.15) is 17.2 Å². The van der Waals surface area contributed by atoms with E-state index in [4.69, 9.17) is 0 Å². The SMILES string of the molecule is Cc1ccc(N=NC2C(=O)Nc3ccccc32)cc1. The van der Waals surface area contributed by atoms with Gasteiger partial charge in [0.1, 0.15) is 0 Å². The Kier molecular flexibility index (Phi) is 2.83. The van der Waals surface area contributed by atoms with Crippen molar-refractivity contribution >= 4 is 17.3 Å². The Balaban J connectivity index is 1.87. The number of carbonyl (C=O) groups excluding carboxylic acids is 1. The number of hydrogen-bond donors (Lipinski definition) is 1. The number of nitrogens with one attached hydrogen (secondary N) is 1. The van der Waals surface area contributed by atoms with Crippen molar-refractivity contribution in [2.24, 2.45) is 10.2 Å². The Bertz CT molecular complexity index is 647. The molecule has 1 N–H and O–H groups in total. The molecule has 4 heteroatoms. The van der Waals surface area contributed by atoms with Crippen LogP contribution in [0.25, 0.3) is 0 Å². The van der Waals surface area contributed by atoms with Gasteiger partial charge >= 0.3 is 0 Å². The van der Waals surface area contributed by atoms with Crippen LogP contribution >= 0.6 is 0 Å². The lowest BCUT2D eigenvalue weighted by molar-refractivity contribution is -0.116. The molecular weight excluding hydrogens is 238 g/mol. The first-order valence-corrected chi connectivity index (χ1v) is 6.11. The third kappa shape index (κ3) is 2.25. The van der Waals surface area contributed by atoms with Gasteiger partial charge in [0, 0.05) is 11.3 Å². The van der Waals surface area contributed by atoms with E-state index in [-0.39, 0.29) is 5.91 Å². The zero-order chi connectivity index (χ0) is 13.2. The van der Waals surface area contributed by atoms with Crippen molar-refractivity contribution in [1.29, 1.82) is 0 Å². The molecule has 4 nitrogen and oxygen atoms in total. The van der Waals surface area contributed by atoms with Gasteiger partial charge in [0.15, 0.2) is 6.04 Å². The molecule has 0 saturated heterocycles. The van der Waals surface area contributed by atoms with Gasteiger partial charge in [-0.05, 0) is 25.1 Å². The van der Waals surface area contributed by atoms with Gasteiger partial charge in [0.25, 0.3) is 5.91 Å². The first-order valence-electron chi connectivity index (χ1n) is 6.11. The maximum Gasteiger partial charge on any atom is 0.255 e. The summed E-state index contributed by atoms with van der Waals surface area (Å²) in [5.41, 5.74) is 3.62. The molecule has 0 radical (unpaired) electrons. The van der Waals surface area contributed by atoms with E-state index in [2.05, 4.69) is 15.5 Å². The Hall–Kier alpha value is -2.49. The second-order valence-electron chi connectivity index (χ2n) is 4.53. The molecule has 1 atom stereocenters. The minimum absolute atomic E-state index is 0.128. The van der Waals surface area contributed by atoms with Crippen LogP contribution < -0.4 is 5.32 Å². The summed E-state index contributed by atoms with van der Waals surface area (Å²) in [5.74, 6) is -0.128. The average Bonchev–Trinajstić information content (AvgIpc) is 2.74. The van der Waals surface area contributed by atoms with E-state index >= 15 is 0 Å². The van der Waals surface area contributed by atoms with Gasteiger partial charge in [-0.25, -0.2) is 0 Å². The van der Waals surface area contributed by atoms with E-state index in [9.17, 15) is 4.79 Å². The molecular formula is C15H13N3O. The number of amides is 1. The van der Waals surface area contributed by atoms with Gasteiger partial charge in [-0.2, -0.15) is 10.2 Å². The number of azo groups is 1. The molecule has 1 aliphatic heterocycles. The molecule has 1 heterocycles. The fraction of sp³-hybridized carbons (Fsp3) is 0.133. The van der Waals surface area contributed by atoms with Crippen molar-refractivity contribution in [2.75, 3.05) is 5.32 Å². The van der Waals surface area contributed by atoms with Gasteiger partial charge in [-0.15, -0.1) is 0 Å². The average molecular weight is 251 g/mol. The maximum absolute atomic E-state index is 11.8. The number of benzene rings is 2. The molecule has 2 aromatic carbocycles. The quantitative estimate of drug-likeness (QED) is 0.811. The van der Waals surface area contributed by atoms with E-state index in [0.717, 1.165) is 16.9 Å². The Morgan fingerprint density at radius 2 is 1.79 bits per heavy atom. The smallest absolute Gasteiger partial charge is 0.255 e. The summed E-state index contributed by atoms with van der Waals surface area (Å²) in [5, 5.41) is 11.1. The van der Waals surface area contributed by atoms with Crippen molar-refractivity contribution in [1.82, 2.24) is 0 Å². The topological polar surface area (TPSA) is 53.8 Å². The van der Waals surface area contributed by atoms with Gasteiger partial charge in [0.05, 0.1) is 5.69 Å². The van der Waals surface area contributed by atoms with Crippen LogP contribution in [0, 0.1) is 6.92 Å². The zero-order valence-corrected chi connectivity index (χ0v) is 10.5. The van der Waals surface area contributed by atoms with Gasteiger partial charge < -0.3 is 5.32 Å². The largest absolute Gasteiger partial charge is 0.324 e. The second kappa shape index (κ2) is 4.65. The Morgan fingerprint density at radius 1 is 1.05 bits per heavy atom. The standard InChI is InChI=1S/C15H13N3O/c1-10-6-8-11(9-7-10)17-18-14-12-4-2-3-5-13(12)16-15(14)19/h2-9,14H,1H3,(H,16,19). The highest BCUT2D eigenvalue weighted by Crippen LogP contribution is 2.33. The molecule has 0 aromatic heterocycles. The number of nitrogens with zero attached hydrogens (tertiary/aromatic N) is 2. The van der Waals surface area contributed by atoms with E-state index in [1.807, 2.05) is 55.5 Å². The predicted molar refractivity (Wildman–Crippen MR) is 73.5 cm³/mol. The second-order valence-corrected chi connectivity index (χ2v) is 4.53. The van der Waals surface area contributed by atoms with Crippen molar-refractivity contribution in [2.45, 2.75) is 13.0 Å². The molecule has 0 fully saturated rings. The van der Waals surface area contributed by atoms with E-state index in [0.29, 0.717) is 0 Å². The molecule has 0 aliphatic carbocycles. The van der Waals surface area contributed by atoms with E-state index in [1.165, 1.54) is 5.56 Å². The van der Waals surface area contributed by atoms with Gasteiger partial charge in [0.2, 0.25) is 0 Å². The number of fused-ring (bicyclic) bond motifs is 1. The highest BCUT2D eigenvalue weighted by Gasteiger charge is 2.29. The molecule has 1 unspecified atom stereocenters. The Morgan fingerprint density at radius 3 is 2.58 bits per heavy atom. The summed E-state index contributed by atoms with van der Waals surface area (Å²) in [6.07, 6.45) is 0. The summed E-state index contributed by atoms with van der Waals surface area (Å²) in [6.45, 7) is 2.02. The molecule has 1 amide bonds. The van der Waals surface area contributed by atoms with Crippen LogP contribution in [0.3, 0.4) is 0 Å².